The van der Waals surface area contributed by atoms with Crippen LogP contribution in [-0.2, 0) is 17.7 Å². The van der Waals surface area contributed by atoms with Crippen LogP contribution in [-0.4, -0.2) is 53.1 Å². The van der Waals surface area contributed by atoms with E-state index < -0.39 is 0 Å². The Labute approximate surface area is 136 Å². The zero-order chi connectivity index (χ0) is 16.1. The van der Waals surface area contributed by atoms with Crippen LogP contribution in [0.2, 0.25) is 0 Å². The maximum atomic E-state index is 7.55. The summed E-state index contributed by atoms with van der Waals surface area (Å²) in [6.45, 7) is 5.41. The van der Waals surface area contributed by atoms with Gasteiger partial charge in [0, 0.05) is 50.6 Å². The van der Waals surface area contributed by atoms with Gasteiger partial charge in [-0.2, -0.15) is 0 Å². The molecule has 122 valence electrons. The lowest BCUT2D eigenvalue weighted by atomic mass is 10.1. The van der Waals surface area contributed by atoms with Crippen molar-refractivity contribution in [3.05, 3.63) is 53.6 Å². The van der Waals surface area contributed by atoms with Crippen molar-refractivity contribution >= 4 is 5.84 Å². The van der Waals surface area contributed by atoms with Crippen LogP contribution in [0, 0.1) is 5.41 Å². The van der Waals surface area contributed by atoms with E-state index >= 15 is 0 Å². The molecule has 1 aromatic heterocycles. The molecule has 0 spiro atoms. The Morgan fingerprint density at radius 1 is 1.30 bits per heavy atom. The zero-order valence-electron chi connectivity index (χ0n) is 13.2. The number of hydrogen-bond acceptors (Lipinski definition) is 4. The largest absolute Gasteiger partial charge is 0.384 e. The van der Waals surface area contributed by atoms with Gasteiger partial charge in [0.25, 0.3) is 0 Å². The number of nitrogen functional groups attached to an aromatic ring is 1. The number of hydrogen-bond donors (Lipinski definition) is 2. The van der Waals surface area contributed by atoms with E-state index in [1.165, 1.54) is 0 Å². The van der Waals surface area contributed by atoms with Crippen LogP contribution in [0.3, 0.4) is 0 Å². The van der Waals surface area contributed by atoms with E-state index in [1.54, 1.807) is 0 Å². The highest BCUT2D eigenvalue weighted by Crippen LogP contribution is 2.10. The molecule has 2 heterocycles. The van der Waals surface area contributed by atoms with E-state index in [-0.39, 0.29) is 5.84 Å². The second-order valence-corrected chi connectivity index (χ2v) is 5.79. The summed E-state index contributed by atoms with van der Waals surface area (Å²) >= 11 is 0. The second-order valence-electron chi connectivity index (χ2n) is 5.79. The Bertz CT molecular complexity index is 661. The number of amidine groups is 1. The number of nitrogens with zero attached hydrogens (tertiary/aromatic N) is 3. The Kier molecular flexibility index (Phi) is 5.05. The first-order valence-corrected chi connectivity index (χ1v) is 7.96. The van der Waals surface area contributed by atoms with Gasteiger partial charge in [0.1, 0.15) is 11.7 Å². The summed E-state index contributed by atoms with van der Waals surface area (Å²) in [4.78, 5) is 6.91. The number of imidazole rings is 1. The first-order valence-electron chi connectivity index (χ1n) is 7.96. The maximum absolute atomic E-state index is 7.55. The molecule has 0 atom stereocenters. The molecule has 0 radical (unpaired) electrons. The number of ether oxygens (including phenoxy) is 1. The van der Waals surface area contributed by atoms with Crippen molar-refractivity contribution in [1.82, 2.24) is 14.5 Å². The van der Waals surface area contributed by atoms with Crippen molar-refractivity contribution in [2.45, 2.75) is 13.0 Å². The van der Waals surface area contributed by atoms with Gasteiger partial charge in [-0.1, -0.05) is 18.2 Å². The van der Waals surface area contributed by atoms with Crippen molar-refractivity contribution < 1.29 is 4.74 Å². The summed E-state index contributed by atoms with van der Waals surface area (Å²) in [6, 6.07) is 7.82. The average Bonchev–Trinajstić information content (AvgIpc) is 3.01. The number of aromatic nitrogens is 2. The molecule has 23 heavy (non-hydrogen) atoms. The van der Waals surface area contributed by atoms with Crippen molar-refractivity contribution in [2.75, 3.05) is 32.8 Å². The quantitative estimate of drug-likeness (QED) is 0.618. The molecule has 1 aromatic carbocycles. The highest BCUT2D eigenvalue weighted by atomic mass is 16.5. The van der Waals surface area contributed by atoms with Crippen molar-refractivity contribution in [3.8, 4) is 0 Å². The minimum Gasteiger partial charge on any atom is -0.384 e. The van der Waals surface area contributed by atoms with Crippen molar-refractivity contribution in [2.24, 2.45) is 5.73 Å². The van der Waals surface area contributed by atoms with E-state index in [4.69, 9.17) is 15.9 Å². The van der Waals surface area contributed by atoms with Gasteiger partial charge in [0.15, 0.2) is 0 Å². The van der Waals surface area contributed by atoms with Crippen LogP contribution in [0.5, 0.6) is 0 Å². The molecule has 0 unspecified atom stereocenters. The lowest BCUT2D eigenvalue weighted by molar-refractivity contribution is 0.0381. The lowest BCUT2D eigenvalue weighted by Gasteiger charge is -2.26. The molecule has 0 aliphatic carbocycles. The van der Waals surface area contributed by atoms with Crippen LogP contribution < -0.4 is 5.73 Å². The van der Waals surface area contributed by atoms with Gasteiger partial charge in [0.05, 0.1) is 13.2 Å². The van der Waals surface area contributed by atoms with Gasteiger partial charge in [-0.05, 0) is 11.6 Å². The predicted octanol–water partition coefficient (Wildman–Crippen LogP) is 1.09. The third kappa shape index (κ3) is 4.18. The van der Waals surface area contributed by atoms with Gasteiger partial charge in [-0.3, -0.25) is 10.3 Å². The van der Waals surface area contributed by atoms with Crippen LogP contribution in [0.4, 0.5) is 0 Å². The van der Waals surface area contributed by atoms with E-state index in [0.717, 1.165) is 62.8 Å². The van der Waals surface area contributed by atoms with E-state index in [2.05, 4.69) is 20.5 Å². The Morgan fingerprint density at radius 3 is 2.91 bits per heavy atom. The average molecular weight is 313 g/mol. The van der Waals surface area contributed by atoms with Gasteiger partial charge < -0.3 is 15.0 Å². The molecule has 6 heteroatoms. The maximum Gasteiger partial charge on any atom is 0.122 e. The van der Waals surface area contributed by atoms with Crippen LogP contribution in [0.15, 0.2) is 36.7 Å². The molecule has 0 amide bonds. The normalized spacial score (nSPS) is 15.7. The molecule has 1 aliphatic rings. The first-order chi connectivity index (χ1) is 11.2. The molecule has 0 saturated carbocycles. The predicted molar refractivity (Wildman–Crippen MR) is 89.8 cm³/mol. The molecule has 6 nitrogen and oxygen atoms in total. The Balaban J connectivity index is 1.63. The summed E-state index contributed by atoms with van der Waals surface area (Å²) in [7, 11) is 0. The molecule has 2 aromatic rings. The molecule has 3 rings (SSSR count). The topological polar surface area (TPSA) is 80.2 Å². The number of nitrogens with one attached hydrogen (secondary N) is 1. The highest BCUT2D eigenvalue weighted by molar-refractivity contribution is 5.95. The lowest BCUT2D eigenvalue weighted by Crippen LogP contribution is -2.37. The third-order valence-corrected chi connectivity index (χ3v) is 4.15. The molecule has 0 bridgehead atoms. The number of morpholine rings is 1. The van der Waals surface area contributed by atoms with Gasteiger partial charge in [0.2, 0.25) is 0 Å². The van der Waals surface area contributed by atoms with E-state index in [1.807, 2.05) is 30.6 Å². The van der Waals surface area contributed by atoms with Gasteiger partial charge in [-0.25, -0.2) is 4.98 Å². The molecule has 3 N–H and O–H groups in total. The van der Waals surface area contributed by atoms with Gasteiger partial charge >= 0.3 is 0 Å². The molecule has 1 saturated heterocycles. The summed E-state index contributed by atoms with van der Waals surface area (Å²) in [5.41, 5.74) is 7.45. The van der Waals surface area contributed by atoms with Gasteiger partial charge in [-0.15, -0.1) is 0 Å². The highest BCUT2D eigenvalue weighted by Gasteiger charge is 2.12. The molecule has 1 aliphatic heterocycles. The molecular formula is C17H23N5O. The number of rotatable bonds is 6. The van der Waals surface area contributed by atoms with E-state index in [0.29, 0.717) is 0 Å². The summed E-state index contributed by atoms with van der Waals surface area (Å²) < 4.78 is 7.55. The molecular weight excluding hydrogens is 290 g/mol. The Hall–Kier alpha value is -2.18. The Morgan fingerprint density at radius 2 is 2.13 bits per heavy atom. The monoisotopic (exact) mass is 313 g/mol. The van der Waals surface area contributed by atoms with Crippen LogP contribution >= 0.6 is 0 Å². The smallest absolute Gasteiger partial charge is 0.122 e. The minimum atomic E-state index is 0.102. The van der Waals surface area contributed by atoms with E-state index in [9.17, 15) is 0 Å². The minimum absolute atomic E-state index is 0.102. The van der Waals surface area contributed by atoms with Crippen LogP contribution in [0.1, 0.15) is 17.0 Å². The SMILES string of the molecule is N=C(N)c1cccc(Cn2ccnc2CCN2CCOCC2)c1. The third-order valence-electron chi connectivity index (χ3n) is 4.15. The summed E-state index contributed by atoms with van der Waals surface area (Å²) in [6.07, 6.45) is 4.79. The summed E-state index contributed by atoms with van der Waals surface area (Å²) in [5, 5.41) is 7.55. The van der Waals surface area contributed by atoms with Crippen molar-refractivity contribution in [3.63, 3.8) is 0 Å². The fourth-order valence-corrected chi connectivity index (χ4v) is 2.83. The second kappa shape index (κ2) is 7.39. The zero-order valence-corrected chi connectivity index (χ0v) is 13.2. The first kappa shape index (κ1) is 15.7. The van der Waals surface area contributed by atoms with Crippen LogP contribution in [0.25, 0.3) is 0 Å². The molecule has 1 fully saturated rings. The standard InChI is InChI=1S/C17H23N5O/c18-17(19)15-3-1-2-14(12-15)13-22-7-5-20-16(22)4-6-21-8-10-23-11-9-21/h1-3,5,7,12H,4,6,8-11,13H2,(H3,18,19). The van der Waals surface area contributed by atoms with Crippen molar-refractivity contribution in [1.29, 1.82) is 5.41 Å². The fourth-order valence-electron chi connectivity index (χ4n) is 2.83. The summed E-state index contributed by atoms with van der Waals surface area (Å²) in [5.74, 6) is 1.19. The number of nitrogens with two attached hydrogens (primary N) is 1. The fraction of sp³-hybridized carbons (Fsp3) is 0.412. The number of benzene rings is 1.